The summed E-state index contributed by atoms with van der Waals surface area (Å²) in [5.74, 6) is -0.401. The number of nitrogens with zero attached hydrogens (tertiary/aromatic N) is 1. The van der Waals surface area contributed by atoms with E-state index in [0.717, 1.165) is 5.56 Å². The molecule has 1 heterocycles. The van der Waals surface area contributed by atoms with Gasteiger partial charge in [-0.3, -0.25) is 4.79 Å². The second kappa shape index (κ2) is 9.76. The molecule has 0 aliphatic rings. The molecule has 1 aromatic heterocycles. The van der Waals surface area contributed by atoms with Crippen LogP contribution in [0.3, 0.4) is 0 Å². The molecule has 2 rings (SSSR count). The lowest BCUT2D eigenvalue weighted by atomic mass is 10.1. The fourth-order valence-corrected chi connectivity index (χ4v) is 2.43. The molecule has 0 spiro atoms. The largest absolute Gasteiger partial charge is 0.468 e. The lowest BCUT2D eigenvalue weighted by Gasteiger charge is -2.17. The highest BCUT2D eigenvalue weighted by Gasteiger charge is 2.29. The molecule has 0 saturated heterocycles. The first kappa shape index (κ1) is 22.0. The minimum atomic E-state index is -4.49. The maximum atomic E-state index is 12.3. The molecular weight excluding hydrogens is 389 g/mol. The standard InChI is InChI=1S/C19H21F3N4O3/c1-12(14-5-3-7-16(9-14)26-13(2)27)25-18(28)24-10-15-6-4-8-23-17(15)29-11-19(20,21)22/h3-9,12H,10-11H2,1-2H3,(H,26,27)(H2,24,25,28). The molecule has 7 nitrogen and oxygen atoms in total. The molecule has 0 aliphatic heterocycles. The third-order valence-corrected chi connectivity index (χ3v) is 3.72. The molecule has 0 radical (unpaired) electrons. The van der Waals surface area contributed by atoms with Crippen molar-refractivity contribution in [1.82, 2.24) is 15.6 Å². The van der Waals surface area contributed by atoms with Crippen LogP contribution in [-0.2, 0) is 11.3 Å². The van der Waals surface area contributed by atoms with Crippen LogP contribution in [0.1, 0.15) is 31.0 Å². The zero-order valence-corrected chi connectivity index (χ0v) is 15.8. The van der Waals surface area contributed by atoms with Crippen LogP contribution >= 0.6 is 0 Å². The van der Waals surface area contributed by atoms with Crippen LogP contribution in [0.5, 0.6) is 5.88 Å². The zero-order valence-electron chi connectivity index (χ0n) is 15.8. The Bertz CT molecular complexity index is 859. The predicted molar refractivity (Wildman–Crippen MR) is 100 cm³/mol. The Hall–Kier alpha value is -3.30. The Kier molecular flexibility index (Phi) is 7.40. The van der Waals surface area contributed by atoms with Gasteiger partial charge in [0.2, 0.25) is 11.8 Å². The van der Waals surface area contributed by atoms with Crippen LogP contribution in [0, 0.1) is 0 Å². The molecule has 10 heteroatoms. The Morgan fingerprint density at radius 1 is 1.21 bits per heavy atom. The van der Waals surface area contributed by atoms with Crippen molar-refractivity contribution in [3.63, 3.8) is 0 Å². The maximum Gasteiger partial charge on any atom is 0.422 e. The summed E-state index contributed by atoms with van der Waals surface area (Å²) >= 11 is 0. The second-order valence-electron chi connectivity index (χ2n) is 6.23. The second-order valence-corrected chi connectivity index (χ2v) is 6.23. The van der Waals surface area contributed by atoms with E-state index < -0.39 is 18.8 Å². The summed E-state index contributed by atoms with van der Waals surface area (Å²) in [6.45, 7) is 1.62. The number of amides is 3. The van der Waals surface area contributed by atoms with Crippen LogP contribution in [0.2, 0.25) is 0 Å². The van der Waals surface area contributed by atoms with Gasteiger partial charge in [0.05, 0.1) is 6.04 Å². The first-order valence-electron chi connectivity index (χ1n) is 8.69. The number of hydrogen-bond donors (Lipinski definition) is 3. The van der Waals surface area contributed by atoms with Gasteiger partial charge in [-0.2, -0.15) is 13.2 Å². The van der Waals surface area contributed by atoms with E-state index in [1.54, 1.807) is 31.2 Å². The Balaban J connectivity index is 1.92. The summed E-state index contributed by atoms with van der Waals surface area (Å²) < 4.78 is 41.7. The van der Waals surface area contributed by atoms with Gasteiger partial charge in [0.15, 0.2) is 6.61 Å². The van der Waals surface area contributed by atoms with E-state index in [2.05, 4.69) is 25.7 Å². The van der Waals surface area contributed by atoms with Crippen LogP contribution in [0.25, 0.3) is 0 Å². The summed E-state index contributed by atoms with van der Waals surface area (Å²) in [5.41, 5.74) is 1.68. The smallest absolute Gasteiger partial charge is 0.422 e. The van der Waals surface area contributed by atoms with Gasteiger partial charge in [-0.05, 0) is 30.7 Å². The van der Waals surface area contributed by atoms with Gasteiger partial charge in [0.25, 0.3) is 0 Å². The fourth-order valence-electron chi connectivity index (χ4n) is 2.43. The monoisotopic (exact) mass is 410 g/mol. The van der Waals surface area contributed by atoms with Crippen molar-refractivity contribution in [1.29, 1.82) is 0 Å². The van der Waals surface area contributed by atoms with Gasteiger partial charge in [0, 0.05) is 30.9 Å². The lowest BCUT2D eigenvalue weighted by molar-refractivity contribution is -0.154. The molecule has 0 aliphatic carbocycles. The van der Waals surface area contributed by atoms with Gasteiger partial charge >= 0.3 is 12.2 Å². The number of aromatic nitrogens is 1. The molecule has 0 bridgehead atoms. The number of nitrogens with one attached hydrogen (secondary N) is 3. The van der Waals surface area contributed by atoms with Gasteiger partial charge < -0.3 is 20.7 Å². The summed E-state index contributed by atoms with van der Waals surface area (Å²) in [6, 6.07) is 9.15. The fraction of sp³-hybridized carbons (Fsp3) is 0.316. The third-order valence-electron chi connectivity index (χ3n) is 3.72. The van der Waals surface area contributed by atoms with E-state index in [9.17, 15) is 22.8 Å². The molecule has 0 fully saturated rings. The Morgan fingerprint density at radius 2 is 1.97 bits per heavy atom. The molecule has 1 aromatic carbocycles. The minimum Gasteiger partial charge on any atom is -0.468 e. The van der Waals surface area contributed by atoms with Crippen molar-refractivity contribution < 1.29 is 27.5 Å². The Labute approximate surface area is 165 Å². The number of carbonyl (C=O) groups is 2. The van der Waals surface area contributed by atoms with Gasteiger partial charge in [-0.1, -0.05) is 18.2 Å². The number of ether oxygens (including phenoxy) is 1. The van der Waals surface area contributed by atoms with Crippen LogP contribution in [-0.4, -0.2) is 29.7 Å². The molecule has 0 saturated carbocycles. The topological polar surface area (TPSA) is 92.4 Å². The summed E-state index contributed by atoms with van der Waals surface area (Å²) in [4.78, 5) is 27.1. The zero-order chi connectivity index (χ0) is 21.4. The quantitative estimate of drug-likeness (QED) is 0.651. The average Bonchev–Trinajstić information content (AvgIpc) is 2.64. The van der Waals surface area contributed by atoms with Crippen LogP contribution < -0.4 is 20.7 Å². The van der Waals surface area contributed by atoms with Crippen molar-refractivity contribution in [2.45, 2.75) is 32.6 Å². The van der Waals surface area contributed by atoms with Crippen molar-refractivity contribution in [2.24, 2.45) is 0 Å². The molecular formula is C19H21F3N4O3. The number of halogens is 3. The minimum absolute atomic E-state index is 0.0640. The van der Waals surface area contributed by atoms with E-state index in [1.165, 1.54) is 25.3 Å². The van der Waals surface area contributed by atoms with Crippen LogP contribution in [0.4, 0.5) is 23.7 Å². The third kappa shape index (κ3) is 7.68. The number of carbonyl (C=O) groups excluding carboxylic acids is 2. The van der Waals surface area contributed by atoms with Gasteiger partial charge in [0.1, 0.15) is 0 Å². The number of benzene rings is 1. The van der Waals surface area contributed by atoms with E-state index >= 15 is 0 Å². The van der Waals surface area contributed by atoms with Crippen molar-refractivity contribution in [3.05, 3.63) is 53.7 Å². The molecule has 2 aromatic rings. The van der Waals surface area contributed by atoms with Gasteiger partial charge in [-0.25, -0.2) is 9.78 Å². The summed E-state index contributed by atoms with van der Waals surface area (Å²) in [5, 5.41) is 7.94. The normalized spacial score (nSPS) is 12.0. The molecule has 1 unspecified atom stereocenters. The van der Waals surface area contributed by atoms with E-state index in [1.807, 2.05) is 0 Å². The first-order chi connectivity index (χ1) is 13.6. The molecule has 29 heavy (non-hydrogen) atoms. The van der Waals surface area contributed by atoms with E-state index in [0.29, 0.717) is 11.3 Å². The van der Waals surface area contributed by atoms with Crippen molar-refractivity contribution >= 4 is 17.6 Å². The average molecular weight is 410 g/mol. The highest BCUT2D eigenvalue weighted by Crippen LogP contribution is 2.20. The number of rotatable bonds is 7. The van der Waals surface area contributed by atoms with E-state index in [4.69, 9.17) is 0 Å². The number of urea groups is 1. The highest BCUT2D eigenvalue weighted by atomic mass is 19.4. The van der Waals surface area contributed by atoms with Crippen molar-refractivity contribution in [3.8, 4) is 5.88 Å². The summed E-state index contributed by atoms with van der Waals surface area (Å²) in [6.07, 6.45) is -3.18. The highest BCUT2D eigenvalue weighted by molar-refractivity contribution is 5.88. The van der Waals surface area contributed by atoms with E-state index in [-0.39, 0.29) is 24.4 Å². The van der Waals surface area contributed by atoms with Gasteiger partial charge in [-0.15, -0.1) is 0 Å². The molecule has 156 valence electrons. The maximum absolute atomic E-state index is 12.3. The first-order valence-corrected chi connectivity index (χ1v) is 8.69. The molecule has 3 N–H and O–H groups in total. The SMILES string of the molecule is CC(=O)Nc1cccc(C(C)NC(=O)NCc2cccnc2OCC(F)(F)F)c1. The van der Waals surface area contributed by atoms with Crippen LogP contribution in [0.15, 0.2) is 42.6 Å². The number of anilines is 1. The number of pyridine rings is 1. The molecule has 1 atom stereocenters. The van der Waals surface area contributed by atoms with Crippen molar-refractivity contribution in [2.75, 3.05) is 11.9 Å². The number of hydrogen-bond acceptors (Lipinski definition) is 4. The summed E-state index contributed by atoms with van der Waals surface area (Å²) in [7, 11) is 0. The lowest BCUT2D eigenvalue weighted by Crippen LogP contribution is -2.36. The molecule has 3 amide bonds. The number of alkyl halides is 3. The Morgan fingerprint density at radius 3 is 2.66 bits per heavy atom. The predicted octanol–water partition coefficient (Wildman–Crippen LogP) is 3.54.